The minimum absolute atomic E-state index is 0.348. The summed E-state index contributed by atoms with van der Waals surface area (Å²) in [6.45, 7) is 3.12. The number of benzene rings is 2. The van der Waals surface area contributed by atoms with Gasteiger partial charge in [0.2, 0.25) is 16.0 Å². The molecule has 1 heterocycles. The monoisotopic (exact) mass is 545 g/mol. The molecule has 182 valence electrons. The molecule has 2 N–H and O–H groups in total. The van der Waals surface area contributed by atoms with Crippen molar-refractivity contribution in [2.24, 2.45) is 11.8 Å². The third kappa shape index (κ3) is 5.87. The minimum atomic E-state index is -3.50. The Morgan fingerprint density at radius 2 is 1.68 bits per heavy atom. The Kier molecular flexibility index (Phi) is 7.74. The van der Waals surface area contributed by atoms with Crippen LogP contribution in [0, 0.1) is 18.8 Å². The van der Waals surface area contributed by atoms with Crippen molar-refractivity contribution < 1.29 is 8.42 Å². The van der Waals surface area contributed by atoms with Gasteiger partial charge in [0.15, 0.2) is 0 Å². The largest absolute Gasteiger partial charge is 0.362 e. The van der Waals surface area contributed by atoms with Crippen LogP contribution in [0.25, 0.3) is 10.9 Å². The van der Waals surface area contributed by atoms with Gasteiger partial charge >= 0.3 is 0 Å². The van der Waals surface area contributed by atoms with E-state index in [0.29, 0.717) is 29.2 Å². The van der Waals surface area contributed by atoms with E-state index in [4.69, 9.17) is 4.98 Å². The number of anilines is 2. The van der Waals surface area contributed by atoms with Gasteiger partial charge < -0.3 is 10.2 Å². The van der Waals surface area contributed by atoms with Crippen LogP contribution in [0.2, 0.25) is 0 Å². The number of fused-ring (bicyclic) bond motifs is 1. The van der Waals surface area contributed by atoms with Crippen molar-refractivity contribution in [3.63, 3.8) is 0 Å². The molecule has 0 amide bonds. The van der Waals surface area contributed by atoms with Gasteiger partial charge in [-0.05, 0) is 80.3 Å². The maximum absolute atomic E-state index is 12.7. The Balaban J connectivity index is 1.29. The molecule has 1 aliphatic rings. The topological polar surface area (TPSA) is 87.2 Å². The van der Waals surface area contributed by atoms with Crippen molar-refractivity contribution in [3.05, 3.63) is 52.5 Å². The lowest BCUT2D eigenvalue weighted by Crippen LogP contribution is -2.32. The molecule has 0 atom stereocenters. The van der Waals surface area contributed by atoms with Crippen LogP contribution >= 0.6 is 15.9 Å². The second kappa shape index (κ2) is 10.6. The molecular weight excluding hydrogens is 514 g/mol. The molecule has 7 nitrogen and oxygen atoms in total. The normalized spacial score (nSPS) is 18.7. The molecule has 9 heteroatoms. The molecule has 1 fully saturated rings. The van der Waals surface area contributed by atoms with Gasteiger partial charge in [-0.15, -0.1) is 0 Å². The number of aromatic nitrogens is 2. The lowest BCUT2D eigenvalue weighted by Gasteiger charge is -2.29. The van der Waals surface area contributed by atoms with Gasteiger partial charge in [0.05, 0.1) is 10.4 Å². The summed E-state index contributed by atoms with van der Waals surface area (Å²) in [7, 11) is 0.485. The Hall–Kier alpha value is -2.23. The number of halogens is 1. The molecule has 0 bridgehead atoms. The highest BCUT2D eigenvalue weighted by Gasteiger charge is 2.24. The molecule has 0 unspecified atom stereocenters. The van der Waals surface area contributed by atoms with E-state index in [1.165, 1.54) is 0 Å². The highest BCUT2D eigenvalue weighted by atomic mass is 79.9. The number of para-hydroxylation sites is 1. The second-order valence-electron chi connectivity index (χ2n) is 9.31. The first-order chi connectivity index (χ1) is 16.2. The standard InChI is InChI=1S/C25H32BrN5O2S/c1-17-14-20(26)12-13-23(17)34(32,33)28-16-19-10-8-18(9-11-19)15-27-25-29-22-7-5-4-6-21(22)24(30-25)31(2)3/h4-7,12-14,18-19,28H,8-11,15-16H2,1-3H3,(H,27,29,30). The maximum Gasteiger partial charge on any atom is 0.240 e. The number of sulfonamides is 1. The average molecular weight is 547 g/mol. The molecule has 1 aliphatic carbocycles. The van der Waals surface area contributed by atoms with E-state index >= 15 is 0 Å². The Morgan fingerprint density at radius 3 is 2.35 bits per heavy atom. The quantitative estimate of drug-likeness (QED) is 0.415. The summed E-state index contributed by atoms with van der Waals surface area (Å²) in [5, 5.41) is 4.48. The van der Waals surface area contributed by atoms with E-state index < -0.39 is 10.0 Å². The van der Waals surface area contributed by atoms with Crippen molar-refractivity contribution in [2.45, 2.75) is 37.5 Å². The van der Waals surface area contributed by atoms with E-state index in [0.717, 1.165) is 59.0 Å². The third-order valence-corrected chi connectivity index (χ3v) is 8.59. The summed E-state index contributed by atoms with van der Waals surface area (Å²) in [4.78, 5) is 11.8. The van der Waals surface area contributed by atoms with Crippen molar-refractivity contribution in [1.29, 1.82) is 0 Å². The van der Waals surface area contributed by atoms with Gasteiger partial charge in [-0.1, -0.05) is 28.1 Å². The zero-order valence-electron chi connectivity index (χ0n) is 19.9. The molecule has 0 radical (unpaired) electrons. The molecule has 1 aromatic heterocycles. The third-order valence-electron chi connectivity index (χ3n) is 6.51. The number of nitrogens with one attached hydrogen (secondary N) is 2. The van der Waals surface area contributed by atoms with Gasteiger partial charge in [-0.3, -0.25) is 0 Å². The molecule has 0 saturated heterocycles. The molecule has 0 aliphatic heterocycles. The number of aryl methyl sites for hydroxylation is 1. The van der Waals surface area contributed by atoms with E-state index in [9.17, 15) is 8.42 Å². The van der Waals surface area contributed by atoms with Gasteiger partial charge in [0, 0.05) is 37.0 Å². The second-order valence-corrected chi connectivity index (χ2v) is 12.0. The number of nitrogens with zero attached hydrogens (tertiary/aromatic N) is 3. The molecule has 1 saturated carbocycles. The summed E-state index contributed by atoms with van der Waals surface area (Å²) in [6, 6.07) is 13.3. The fourth-order valence-corrected chi connectivity index (χ4v) is 6.39. The highest BCUT2D eigenvalue weighted by molar-refractivity contribution is 9.10. The summed E-state index contributed by atoms with van der Waals surface area (Å²) in [5.74, 6) is 2.45. The lowest BCUT2D eigenvalue weighted by atomic mass is 9.82. The predicted octanol–water partition coefficient (Wildman–Crippen LogP) is 4.96. The Labute approximate surface area is 210 Å². The van der Waals surface area contributed by atoms with E-state index in [-0.39, 0.29) is 0 Å². The zero-order chi connectivity index (χ0) is 24.3. The number of hydrogen-bond donors (Lipinski definition) is 2. The van der Waals surface area contributed by atoms with Crippen LogP contribution in [0.5, 0.6) is 0 Å². The van der Waals surface area contributed by atoms with Crippen LogP contribution < -0.4 is 14.9 Å². The van der Waals surface area contributed by atoms with Crippen molar-refractivity contribution in [3.8, 4) is 0 Å². The van der Waals surface area contributed by atoms with Crippen LogP contribution in [0.4, 0.5) is 11.8 Å². The summed E-state index contributed by atoms with van der Waals surface area (Å²) in [5.41, 5.74) is 1.67. The summed E-state index contributed by atoms with van der Waals surface area (Å²) >= 11 is 3.39. The Bertz CT molecular complexity index is 1260. The smallest absolute Gasteiger partial charge is 0.240 e. The zero-order valence-corrected chi connectivity index (χ0v) is 22.3. The summed E-state index contributed by atoms with van der Waals surface area (Å²) in [6.07, 6.45) is 4.14. The van der Waals surface area contributed by atoms with Crippen LogP contribution in [-0.2, 0) is 10.0 Å². The first-order valence-corrected chi connectivity index (χ1v) is 13.9. The van der Waals surface area contributed by atoms with Crippen LogP contribution in [0.15, 0.2) is 51.8 Å². The molecule has 34 heavy (non-hydrogen) atoms. The first kappa shape index (κ1) is 24.9. The van der Waals surface area contributed by atoms with E-state index in [1.807, 2.05) is 56.3 Å². The van der Waals surface area contributed by atoms with Crippen molar-refractivity contribution >= 4 is 48.6 Å². The highest BCUT2D eigenvalue weighted by Crippen LogP contribution is 2.30. The molecular formula is C25H32BrN5O2S. The van der Waals surface area contributed by atoms with E-state index in [2.05, 4.69) is 31.0 Å². The number of rotatable bonds is 8. The van der Waals surface area contributed by atoms with Crippen molar-refractivity contribution in [2.75, 3.05) is 37.4 Å². The predicted molar refractivity (Wildman–Crippen MR) is 142 cm³/mol. The average Bonchev–Trinajstić information content (AvgIpc) is 2.81. The van der Waals surface area contributed by atoms with Gasteiger partial charge in [-0.2, -0.15) is 4.98 Å². The molecule has 4 rings (SSSR count). The minimum Gasteiger partial charge on any atom is -0.362 e. The molecule has 2 aromatic carbocycles. The van der Waals surface area contributed by atoms with E-state index in [1.54, 1.807) is 12.1 Å². The molecule has 3 aromatic rings. The maximum atomic E-state index is 12.7. The summed E-state index contributed by atoms with van der Waals surface area (Å²) < 4.78 is 29.2. The Morgan fingerprint density at radius 1 is 1.00 bits per heavy atom. The van der Waals surface area contributed by atoms with Crippen LogP contribution in [0.1, 0.15) is 31.2 Å². The first-order valence-electron chi connectivity index (χ1n) is 11.7. The van der Waals surface area contributed by atoms with Crippen molar-refractivity contribution in [1.82, 2.24) is 14.7 Å². The fraction of sp³-hybridized carbons (Fsp3) is 0.440. The van der Waals surface area contributed by atoms with Crippen LogP contribution in [0.3, 0.4) is 0 Å². The fourth-order valence-electron chi connectivity index (χ4n) is 4.57. The van der Waals surface area contributed by atoms with Gasteiger partial charge in [0.1, 0.15) is 5.82 Å². The van der Waals surface area contributed by atoms with Gasteiger partial charge in [0.25, 0.3) is 0 Å². The SMILES string of the molecule is Cc1cc(Br)ccc1S(=O)(=O)NCC1CCC(CNc2nc(N(C)C)c3ccccc3n2)CC1. The van der Waals surface area contributed by atoms with Crippen LogP contribution in [-0.4, -0.2) is 45.6 Å². The molecule has 0 spiro atoms. The lowest BCUT2D eigenvalue weighted by molar-refractivity contribution is 0.284. The number of hydrogen-bond acceptors (Lipinski definition) is 6. The van der Waals surface area contributed by atoms with Gasteiger partial charge in [-0.25, -0.2) is 18.1 Å².